The standard InChI is InChI=1S/C17H25F2N3O/c1-13(14-2-4-16(5-3-14)23-17(18)19)22-9-6-15(12-22)21-10-7-20-8-11-21/h2-5,13,15,17,20H,6-12H2,1H3. The molecule has 6 heteroatoms. The Morgan fingerprint density at radius 1 is 1.13 bits per heavy atom. The molecule has 0 spiro atoms. The maximum atomic E-state index is 12.2. The van der Waals surface area contributed by atoms with Crippen LogP contribution < -0.4 is 10.1 Å². The van der Waals surface area contributed by atoms with Gasteiger partial charge in [0.1, 0.15) is 5.75 Å². The lowest BCUT2D eigenvalue weighted by Crippen LogP contribution is -2.49. The summed E-state index contributed by atoms with van der Waals surface area (Å²) < 4.78 is 28.8. The lowest BCUT2D eigenvalue weighted by molar-refractivity contribution is -0.0498. The minimum Gasteiger partial charge on any atom is -0.435 e. The second kappa shape index (κ2) is 7.55. The van der Waals surface area contributed by atoms with Crippen molar-refractivity contribution < 1.29 is 13.5 Å². The average Bonchev–Trinajstić information content (AvgIpc) is 3.05. The molecule has 2 heterocycles. The van der Waals surface area contributed by atoms with E-state index in [1.807, 2.05) is 12.1 Å². The number of ether oxygens (including phenoxy) is 1. The number of nitrogens with zero attached hydrogens (tertiary/aromatic N) is 2. The summed E-state index contributed by atoms with van der Waals surface area (Å²) in [6.07, 6.45) is 1.21. The summed E-state index contributed by atoms with van der Waals surface area (Å²) in [7, 11) is 0. The first kappa shape index (κ1) is 16.6. The van der Waals surface area contributed by atoms with Crippen molar-refractivity contribution >= 4 is 0 Å². The Morgan fingerprint density at radius 3 is 2.48 bits per heavy atom. The maximum absolute atomic E-state index is 12.2. The molecule has 0 aromatic heterocycles. The zero-order valence-corrected chi connectivity index (χ0v) is 13.5. The van der Waals surface area contributed by atoms with Crippen LogP contribution in [-0.2, 0) is 0 Å². The van der Waals surface area contributed by atoms with Crippen LogP contribution in [0.2, 0.25) is 0 Å². The molecule has 1 aromatic carbocycles. The Bertz CT molecular complexity index is 491. The van der Waals surface area contributed by atoms with Crippen molar-refractivity contribution in [3.8, 4) is 5.75 Å². The lowest BCUT2D eigenvalue weighted by atomic mass is 10.1. The molecule has 2 fully saturated rings. The third kappa shape index (κ3) is 4.19. The summed E-state index contributed by atoms with van der Waals surface area (Å²) in [5.74, 6) is 0.219. The Balaban J connectivity index is 1.56. The van der Waals surface area contributed by atoms with Crippen LogP contribution in [0.3, 0.4) is 0 Å². The second-order valence-corrected chi connectivity index (χ2v) is 6.35. The summed E-state index contributed by atoms with van der Waals surface area (Å²) >= 11 is 0. The summed E-state index contributed by atoms with van der Waals surface area (Å²) in [6, 6.07) is 7.97. The van der Waals surface area contributed by atoms with Crippen molar-refractivity contribution in [1.82, 2.24) is 15.1 Å². The Morgan fingerprint density at radius 2 is 1.83 bits per heavy atom. The van der Waals surface area contributed by atoms with Gasteiger partial charge in [0.25, 0.3) is 0 Å². The van der Waals surface area contributed by atoms with E-state index < -0.39 is 6.61 Å². The van der Waals surface area contributed by atoms with Gasteiger partial charge in [0.05, 0.1) is 0 Å². The molecule has 128 valence electrons. The van der Waals surface area contributed by atoms with Crippen molar-refractivity contribution in [1.29, 1.82) is 0 Å². The van der Waals surface area contributed by atoms with E-state index in [0.29, 0.717) is 12.1 Å². The summed E-state index contributed by atoms with van der Waals surface area (Å²) in [6.45, 7) is 6.01. The van der Waals surface area contributed by atoms with E-state index in [9.17, 15) is 8.78 Å². The average molecular weight is 325 g/mol. The van der Waals surface area contributed by atoms with Gasteiger partial charge in [0.2, 0.25) is 0 Å². The number of alkyl halides is 2. The van der Waals surface area contributed by atoms with Crippen LogP contribution in [0.15, 0.2) is 24.3 Å². The van der Waals surface area contributed by atoms with Gasteiger partial charge in [0, 0.05) is 51.4 Å². The van der Waals surface area contributed by atoms with E-state index in [1.165, 1.54) is 6.42 Å². The van der Waals surface area contributed by atoms with Crippen molar-refractivity contribution in [2.24, 2.45) is 0 Å². The molecule has 2 aliphatic heterocycles. The number of nitrogens with one attached hydrogen (secondary N) is 1. The maximum Gasteiger partial charge on any atom is 0.387 e. The largest absolute Gasteiger partial charge is 0.435 e. The third-order valence-electron chi connectivity index (χ3n) is 5.00. The van der Waals surface area contributed by atoms with Gasteiger partial charge in [-0.3, -0.25) is 9.80 Å². The third-order valence-corrected chi connectivity index (χ3v) is 5.00. The smallest absolute Gasteiger partial charge is 0.387 e. The van der Waals surface area contributed by atoms with Crippen molar-refractivity contribution in [3.05, 3.63) is 29.8 Å². The first-order valence-corrected chi connectivity index (χ1v) is 8.37. The molecule has 0 saturated carbocycles. The molecule has 3 rings (SSSR count). The topological polar surface area (TPSA) is 27.7 Å². The molecular formula is C17H25F2N3O. The van der Waals surface area contributed by atoms with Crippen LogP contribution >= 0.6 is 0 Å². The second-order valence-electron chi connectivity index (χ2n) is 6.35. The number of hydrogen-bond acceptors (Lipinski definition) is 4. The van der Waals surface area contributed by atoms with E-state index in [4.69, 9.17) is 0 Å². The fourth-order valence-corrected chi connectivity index (χ4v) is 3.60. The predicted molar refractivity (Wildman–Crippen MR) is 85.9 cm³/mol. The van der Waals surface area contributed by atoms with Crippen LogP contribution in [0.4, 0.5) is 8.78 Å². The van der Waals surface area contributed by atoms with Crippen LogP contribution in [0, 0.1) is 0 Å². The molecule has 0 bridgehead atoms. The van der Waals surface area contributed by atoms with Gasteiger partial charge in [-0.25, -0.2) is 0 Å². The zero-order chi connectivity index (χ0) is 16.2. The molecule has 0 amide bonds. The number of rotatable bonds is 5. The van der Waals surface area contributed by atoms with Gasteiger partial charge in [-0.05, 0) is 31.0 Å². The molecule has 2 atom stereocenters. The van der Waals surface area contributed by atoms with Gasteiger partial charge < -0.3 is 10.1 Å². The number of piperazine rings is 1. The SMILES string of the molecule is CC(c1ccc(OC(F)F)cc1)N1CCC(N2CCNCC2)C1. The van der Waals surface area contributed by atoms with E-state index in [-0.39, 0.29) is 5.75 Å². The first-order valence-electron chi connectivity index (χ1n) is 8.37. The summed E-state index contributed by atoms with van der Waals surface area (Å²) in [5, 5.41) is 3.40. The Labute approximate surface area is 136 Å². The van der Waals surface area contributed by atoms with E-state index in [1.54, 1.807) is 12.1 Å². The normalized spacial score (nSPS) is 25.0. The minimum absolute atomic E-state index is 0.219. The van der Waals surface area contributed by atoms with Gasteiger partial charge in [-0.15, -0.1) is 0 Å². The molecule has 1 aromatic rings. The molecule has 0 aliphatic carbocycles. The summed E-state index contributed by atoms with van der Waals surface area (Å²) in [5.41, 5.74) is 1.15. The minimum atomic E-state index is -2.77. The van der Waals surface area contributed by atoms with Crippen LogP contribution in [0.1, 0.15) is 24.9 Å². The molecule has 2 saturated heterocycles. The Kier molecular flexibility index (Phi) is 5.46. The quantitative estimate of drug-likeness (QED) is 0.899. The highest BCUT2D eigenvalue weighted by Crippen LogP contribution is 2.28. The molecule has 2 unspecified atom stereocenters. The highest BCUT2D eigenvalue weighted by molar-refractivity contribution is 5.29. The number of hydrogen-bond donors (Lipinski definition) is 1. The molecule has 0 radical (unpaired) electrons. The molecule has 4 nitrogen and oxygen atoms in total. The molecule has 23 heavy (non-hydrogen) atoms. The van der Waals surface area contributed by atoms with Crippen LogP contribution in [0.5, 0.6) is 5.75 Å². The van der Waals surface area contributed by atoms with Crippen molar-refractivity contribution in [3.63, 3.8) is 0 Å². The van der Waals surface area contributed by atoms with Gasteiger partial charge in [0.15, 0.2) is 0 Å². The van der Waals surface area contributed by atoms with Crippen LogP contribution in [-0.4, -0.2) is 61.7 Å². The van der Waals surface area contributed by atoms with Crippen molar-refractivity contribution in [2.45, 2.75) is 32.0 Å². The summed E-state index contributed by atoms with van der Waals surface area (Å²) in [4.78, 5) is 5.07. The van der Waals surface area contributed by atoms with E-state index in [2.05, 4.69) is 26.8 Å². The Hall–Kier alpha value is -1.24. The fourth-order valence-electron chi connectivity index (χ4n) is 3.60. The molecule has 1 N–H and O–H groups in total. The monoisotopic (exact) mass is 325 g/mol. The van der Waals surface area contributed by atoms with Gasteiger partial charge >= 0.3 is 6.61 Å². The zero-order valence-electron chi connectivity index (χ0n) is 13.5. The number of likely N-dealkylation sites (tertiary alicyclic amines) is 1. The highest BCUT2D eigenvalue weighted by atomic mass is 19.3. The van der Waals surface area contributed by atoms with E-state index in [0.717, 1.165) is 44.8 Å². The number of benzene rings is 1. The lowest BCUT2D eigenvalue weighted by Gasteiger charge is -2.33. The van der Waals surface area contributed by atoms with Gasteiger partial charge in [-0.2, -0.15) is 8.78 Å². The fraction of sp³-hybridized carbons (Fsp3) is 0.647. The first-order chi connectivity index (χ1) is 11.1. The van der Waals surface area contributed by atoms with Gasteiger partial charge in [-0.1, -0.05) is 12.1 Å². The van der Waals surface area contributed by atoms with E-state index >= 15 is 0 Å². The van der Waals surface area contributed by atoms with Crippen molar-refractivity contribution in [2.75, 3.05) is 39.3 Å². The highest BCUT2D eigenvalue weighted by Gasteiger charge is 2.31. The van der Waals surface area contributed by atoms with Crippen LogP contribution in [0.25, 0.3) is 0 Å². The number of halogens is 2. The predicted octanol–water partition coefficient (Wildman–Crippen LogP) is 2.33. The molecule has 2 aliphatic rings. The molecular weight excluding hydrogens is 300 g/mol.